The number of thiophene rings is 1. The van der Waals surface area contributed by atoms with Crippen LogP contribution in [0.15, 0.2) is 58.8 Å². The summed E-state index contributed by atoms with van der Waals surface area (Å²) in [6.45, 7) is 1.33. The van der Waals surface area contributed by atoms with Crippen LogP contribution in [0.25, 0.3) is 0 Å². The number of rotatable bonds is 7. The minimum Gasteiger partial charge on any atom is -0.496 e. The van der Waals surface area contributed by atoms with Gasteiger partial charge in [-0.3, -0.25) is 4.79 Å². The van der Waals surface area contributed by atoms with Gasteiger partial charge in [0, 0.05) is 16.4 Å². The first kappa shape index (κ1) is 22.3. The number of amides is 1. The van der Waals surface area contributed by atoms with Crippen molar-refractivity contribution in [2.45, 2.75) is 17.1 Å². The Morgan fingerprint density at radius 2 is 2.00 bits per heavy atom. The van der Waals surface area contributed by atoms with Crippen LogP contribution in [0.3, 0.4) is 0 Å². The average Bonchev–Trinajstić information content (AvgIpc) is 3.24. The topological polar surface area (TPSA) is 72.5 Å². The van der Waals surface area contributed by atoms with E-state index in [1.807, 2.05) is 0 Å². The Bertz CT molecular complexity index is 1160. The molecule has 0 aliphatic heterocycles. The molecule has 1 aromatic heterocycles. The van der Waals surface area contributed by atoms with E-state index in [2.05, 4.69) is 5.32 Å². The third-order valence-electron chi connectivity index (χ3n) is 4.55. The van der Waals surface area contributed by atoms with E-state index in [4.69, 9.17) is 16.3 Å². The first-order valence-corrected chi connectivity index (χ1v) is 11.7. The van der Waals surface area contributed by atoms with Gasteiger partial charge in [-0.1, -0.05) is 17.7 Å². The van der Waals surface area contributed by atoms with E-state index in [-0.39, 0.29) is 22.6 Å². The fourth-order valence-electron chi connectivity index (χ4n) is 2.93. The van der Waals surface area contributed by atoms with Gasteiger partial charge in [-0.25, -0.2) is 12.8 Å². The molecule has 0 unspecified atom stereocenters. The zero-order valence-corrected chi connectivity index (χ0v) is 18.6. The Hall–Kier alpha value is -2.42. The molecule has 1 amide bonds. The Morgan fingerprint density at radius 3 is 2.63 bits per heavy atom. The summed E-state index contributed by atoms with van der Waals surface area (Å²) >= 11 is 7.25. The molecule has 0 aliphatic carbocycles. The number of hydrogen-bond donors (Lipinski definition) is 1. The lowest BCUT2D eigenvalue weighted by Crippen LogP contribution is -2.32. The molecular weight excluding hydrogens is 449 g/mol. The van der Waals surface area contributed by atoms with Crippen molar-refractivity contribution in [1.29, 1.82) is 0 Å². The SMILES string of the molecule is COc1ccc(Cl)cc1C(=O)NC[C@H](c1cccs1)S(=O)(=O)c1ccc(F)c(C)c1. The van der Waals surface area contributed by atoms with Crippen molar-refractivity contribution in [3.05, 3.63) is 80.8 Å². The smallest absolute Gasteiger partial charge is 0.255 e. The normalized spacial score (nSPS) is 12.4. The number of benzene rings is 2. The Balaban J connectivity index is 1.92. The van der Waals surface area contributed by atoms with Gasteiger partial charge in [0.05, 0.1) is 17.6 Å². The van der Waals surface area contributed by atoms with Gasteiger partial charge in [-0.2, -0.15) is 0 Å². The van der Waals surface area contributed by atoms with Crippen molar-refractivity contribution in [2.75, 3.05) is 13.7 Å². The predicted molar refractivity (Wildman–Crippen MR) is 116 cm³/mol. The summed E-state index contributed by atoms with van der Waals surface area (Å²) in [4.78, 5) is 13.3. The van der Waals surface area contributed by atoms with Gasteiger partial charge in [0.2, 0.25) is 0 Å². The second-order valence-corrected chi connectivity index (χ2v) is 10.1. The Morgan fingerprint density at radius 1 is 1.23 bits per heavy atom. The van der Waals surface area contributed by atoms with Gasteiger partial charge in [-0.05, 0) is 60.3 Å². The van der Waals surface area contributed by atoms with Crippen molar-refractivity contribution in [3.8, 4) is 5.75 Å². The summed E-state index contributed by atoms with van der Waals surface area (Å²) in [6, 6.07) is 11.7. The zero-order valence-electron chi connectivity index (χ0n) is 16.2. The van der Waals surface area contributed by atoms with E-state index in [9.17, 15) is 17.6 Å². The minimum atomic E-state index is -3.89. The van der Waals surface area contributed by atoms with Crippen LogP contribution in [0.2, 0.25) is 5.02 Å². The van der Waals surface area contributed by atoms with E-state index >= 15 is 0 Å². The third-order valence-corrected chi connectivity index (χ3v) is 8.00. The standard InChI is InChI=1S/C21H19ClFNO4S2/c1-13-10-15(6-7-17(13)23)30(26,27)20(19-4-3-9-29-19)12-24-21(25)16-11-14(22)5-8-18(16)28-2/h3-11,20H,12H2,1-2H3,(H,24,25)/t20-/m1/s1. The summed E-state index contributed by atoms with van der Waals surface area (Å²) in [5.41, 5.74) is 0.429. The van der Waals surface area contributed by atoms with Crippen molar-refractivity contribution in [3.63, 3.8) is 0 Å². The predicted octanol–water partition coefficient (Wildman–Crippen LogP) is 4.80. The van der Waals surface area contributed by atoms with Gasteiger partial charge >= 0.3 is 0 Å². The van der Waals surface area contributed by atoms with Crippen molar-refractivity contribution < 1.29 is 22.3 Å². The van der Waals surface area contributed by atoms with E-state index < -0.39 is 26.8 Å². The fourth-order valence-corrected chi connectivity index (χ4v) is 5.97. The molecule has 0 bridgehead atoms. The summed E-state index contributed by atoms with van der Waals surface area (Å²) in [5, 5.41) is 3.75. The lowest BCUT2D eigenvalue weighted by molar-refractivity contribution is 0.0950. The molecule has 0 saturated heterocycles. The molecule has 2 aromatic carbocycles. The molecule has 0 radical (unpaired) electrons. The molecular formula is C21H19ClFNO4S2. The Kier molecular flexibility index (Phi) is 6.80. The van der Waals surface area contributed by atoms with Crippen molar-refractivity contribution >= 4 is 38.7 Å². The fraction of sp³-hybridized carbons (Fsp3) is 0.190. The monoisotopic (exact) mass is 467 g/mol. The molecule has 0 spiro atoms. The summed E-state index contributed by atoms with van der Waals surface area (Å²) in [7, 11) is -2.47. The van der Waals surface area contributed by atoms with Crippen LogP contribution < -0.4 is 10.1 Å². The van der Waals surface area contributed by atoms with Crippen LogP contribution in [-0.4, -0.2) is 28.0 Å². The van der Waals surface area contributed by atoms with E-state index in [1.165, 1.54) is 43.6 Å². The molecule has 1 atom stereocenters. The van der Waals surface area contributed by atoms with Crippen LogP contribution in [0, 0.1) is 12.7 Å². The number of hydrogen-bond acceptors (Lipinski definition) is 5. The molecule has 0 aliphatic rings. The second-order valence-electron chi connectivity index (χ2n) is 6.51. The maximum atomic E-state index is 13.6. The maximum Gasteiger partial charge on any atom is 0.255 e. The van der Waals surface area contributed by atoms with Gasteiger partial charge in [-0.15, -0.1) is 11.3 Å². The zero-order chi connectivity index (χ0) is 21.9. The molecule has 5 nitrogen and oxygen atoms in total. The summed E-state index contributed by atoms with van der Waals surface area (Å²) < 4.78 is 45.4. The third kappa shape index (κ3) is 4.66. The van der Waals surface area contributed by atoms with Crippen LogP contribution in [0.4, 0.5) is 4.39 Å². The van der Waals surface area contributed by atoms with E-state index in [1.54, 1.807) is 29.6 Å². The van der Waals surface area contributed by atoms with Crippen molar-refractivity contribution in [2.24, 2.45) is 0 Å². The number of carbonyl (C=O) groups is 1. The highest BCUT2D eigenvalue weighted by atomic mass is 35.5. The highest BCUT2D eigenvalue weighted by Crippen LogP contribution is 2.32. The minimum absolute atomic E-state index is 0.00520. The molecule has 1 heterocycles. The largest absolute Gasteiger partial charge is 0.496 e. The van der Waals surface area contributed by atoms with Crippen molar-refractivity contribution in [1.82, 2.24) is 5.32 Å². The lowest BCUT2D eigenvalue weighted by atomic mass is 10.2. The lowest BCUT2D eigenvalue weighted by Gasteiger charge is -2.18. The van der Waals surface area contributed by atoms with E-state index in [0.717, 1.165) is 6.07 Å². The molecule has 3 aromatic rings. The van der Waals surface area contributed by atoms with Crippen LogP contribution in [-0.2, 0) is 9.84 Å². The van der Waals surface area contributed by atoms with E-state index in [0.29, 0.717) is 15.6 Å². The summed E-state index contributed by atoms with van der Waals surface area (Å²) in [5.74, 6) is -0.675. The van der Waals surface area contributed by atoms with Gasteiger partial charge < -0.3 is 10.1 Å². The Labute approximate surface area is 183 Å². The molecule has 158 valence electrons. The highest BCUT2D eigenvalue weighted by molar-refractivity contribution is 7.91. The quantitative estimate of drug-likeness (QED) is 0.506. The number of carbonyl (C=O) groups excluding carboxylic acids is 1. The van der Waals surface area contributed by atoms with Gasteiger partial charge in [0.1, 0.15) is 16.8 Å². The number of nitrogens with one attached hydrogen (secondary N) is 1. The number of halogens is 2. The molecule has 9 heteroatoms. The number of methoxy groups -OCH3 is 1. The first-order valence-electron chi connectivity index (χ1n) is 8.89. The molecule has 3 rings (SSSR count). The van der Waals surface area contributed by atoms with Gasteiger partial charge in [0.15, 0.2) is 9.84 Å². The van der Waals surface area contributed by atoms with Crippen LogP contribution in [0.1, 0.15) is 26.0 Å². The molecule has 30 heavy (non-hydrogen) atoms. The summed E-state index contributed by atoms with van der Waals surface area (Å²) in [6.07, 6.45) is 0. The van der Waals surface area contributed by atoms with Crippen LogP contribution in [0.5, 0.6) is 5.75 Å². The second kappa shape index (κ2) is 9.16. The molecule has 0 saturated carbocycles. The van der Waals surface area contributed by atoms with Gasteiger partial charge in [0.25, 0.3) is 5.91 Å². The number of aryl methyl sites for hydroxylation is 1. The molecule has 1 N–H and O–H groups in total. The maximum absolute atomic E-state index is 13.6. The average molecular weight is 468 g/mol. The molecule has 0 fully saturated rings. The van der Waals surface area contributed by atoms with Crippen LogP contribution >= 0.6 is 22.9 Å². The number of ether oxygens (including phenoxy) is 1. The number of sulfone groups is 1. The highest BCUT2D eigenvalue weighted by Gasteiger charge is 2.31. The first-order chi connectivity index (χ1) is 14.2.